The fourth-order valence-electron chi connectivity index (χ4n) is 1.26. The number of hydrogen-bond acceptors (Lipinski definition) is 2. The smallest absolute Gasteiger partial charge is 0.152 e. The summed E-state index contributed by atoms with van der Waals surface area (Å²) in [5, 5.41) is 18.1. The van der Waals surface area contributed by atoms with Crippen LogP contribution < -0.4 is 0 Å². The summed E-state index contributed by atoms with van der Waals surface area (Å²) in [5.74, 6) is 0. The minimum atomic E-state index is -1.26. The summed E-state index contributed by atoms with van der Waals surface area (Å²) >= 11 is 0. The van der Waals surface area contributed by atoms with Crippen LogP contribution in [0.5, 0.6) is 0 Å². The zero-order valence-corrected chi connectivity index (χ0v) is 7.91. The zero-order chi connectivity index (χ0) is 9.90. The minimum Gasteiger partial charge on any atom is -0.375 e. The molecule has 0 aliphatic carbocycles. The zero-order valence-electron chi connectivity index (χ0n) is 7.91. The molecule has 2 nitrogen and oxygen atoms in total. The van der Waals surface area contributed by atoms with E-state index in [0.717, 1.165) is 11.1 Å². The molecule has 0 radical (unpaired) electrons. The summed E-state index contributed by atoms with van der Waals surface area (Å²) in [6, 6.07) is 9.68. The van der Waals surface area contributed by atoms with E-state index in [1.54, 1.807) is 0 Å². The lowest BCUT2D eigenvalue weighted by atomic mass is 9.97. The van der Waals surface area contributed by atoms with Gasteiger partial charge in [-0.2, -0.15) is 5.26 Å². The van der Waals surface area contributed by atoms with E-state index in [9.17, 15) is 5.11 Å². The Kier molecular flexibility index (Phi) is 2.69. The number of hydrogen-bond donors (Lipinski definition) is 1. The van der Waals surface area contributed by atoms with Crippen molar-refractivity contribution in [1.82, 2.24) is 0 Å². The summed E-state index contributed by atoms with van der Waals surface area (Å²) in [5.41, 5.74) is 0.881. The van der Waals surface area contributed by atoms with E-state index in [2.05, 4.69) is 0 Å². The topological polar surface area (TPSA) is 44.0 Å². The molecule has 0 fully saturated rings. The van der Waals surface area contributed by atoms with Crippen LogP contribution in [0, 0.1) is 18.3 Å². The second-order valence-corrected chi connectivity index (χ2v) is 3.55. The van der Waals surface area contributed by atoms with Crippen molar-refractivity contribution in [1.29, 1.82) is 5.26 Å². The van der Waals surface area contributed by atoms with Crippen LogP contribution in [0.4, 0.5) is 0 Å². The van der Waals surface area contributed by atoms with Crippen LogP contribution in [0.2, 0.25) is 0 Å². The number of nitriles is 1. The van der Waals surface area contributed by atoms with Crippen molar-refractivity contribution in [3.05, 3.63) is 35.4 Å². The maximum absolute atomic E-state index is 9.51. The van der Waals surface area contributed by atoms with Crippen LogP contribution >= 0.6 is 0 Å². The van der Waals surface area contributed by atoms with Crippen molar-refractivity contribution >= 4 is 0 Å². The van der Waals surface area contributed by atoms with Crippen molar-refractivity contribution in [2.24, 2.45) is 0 Å². The molecule has 1 aromatic rings. The van der Waals surface area contributed by atoms with Crippen molar-refractivity contribution < 1.29 is 5.11 Å². The van der Waals surface area contributed by atoms with E-state index in [0.29, 0.717) is 6.42 Å². The molecule has 1 rings (SSSR count). The third kappa shape index (κ3) is 2.89. The Morgan fingerprint density at radius 3 is 2.77 bits per heavy atom. The Morgan fingerprint density at radius 1 is 1.54 bits per heavy atom. The quantitative estimate of drug-likeness (QED) is 0.697. The van der Waals surface area contributed by atoms with E-state index in [4.69, 9.17) is 5.26 Å². The molecular weight excluding hydrogens is 162 g/mol. The molecule has 1 N–H and O–H groups in total. The van der Waals surface area contributed by atoms with Gasteiger partial charge in [-0.15, -0.1) is 0 Å². The van der Waals surface area contributed by atoms with Gasteiger partial charge in [-0.3, -0.25) is 0 Å². The van der Waals surface area contributed by atoms with Gasteiger partial charge in [0.15, 0.2) is 5.60 Å². The average Bonchev–Trinajstić information content (AvgIpc) is 2.03. The van der Waals surface area contributed by atoms with Crippen molar-refractivity contribution in [2.45, 2.75) is 25.9 Å². The Labute approximate surface area is 78.4 Å². The van der Waals surface area contributed by atoms with E-state index in [-0.39, 0.29) is 0 Å². The van der Waals surface area contributed by atoms with Gasteiger partial charge >= 0.3 is 0 Å². The summed E-state index contributed by atoms with van der Waals surface area (Å²) in [6.45, 7) is 3.51. The van der Waals surface area contributed by atoms with Crippen molar-refractivity contribution in [3.8, 4) is 6.07 Å². The van der Waals surface area contributed by atoms with E-state index in [1.807, 2.05) is 37.3 Å². The first kappa shape index (κ1) is 9.76. The van der Waals surface area contributed by atoms with Gasteiger partial charge < -0.3 is 5.11 Å². The fraction of sp³-hybridized carbons (Fsp3) is 0.364. The van der Waals surface area contributed by atoms with E-state index < -0.39 is 5.60 Å². The van der Waals surface area contributed by atoms with E-state index >= 15 is 0 Å². The molecule has 2 heteroatoms. The predicted octanol–water partition coefficient (Wildman–Crippen LogP) is 1.81. The van der Waals surface area contributed by atoms with Gasteiger partial charge in [0.05, 0.1) is 6.07 Å². The van der Waals surface area contributed by atoms with Gasteiger partial charge in [0.2, 0.25) is 0 Å². The third-order valence-electron chi connectivity index (χ3n) is 1.87. The third-order valence-corrected chi connectivity index (χ3v) is 1.87. The molecule has 0 spiro atoms. The lowest BCUT2D eigenvalue weighted by molar-refractivity contribution is 0.120. The predicted molar refractivity (Wildman–Crippen MR) is 51.1 cm³/mol. The molecule has 0 heterocycles. The number of aryl methyl sites for hydroxylation is 1. The normalized spacial score (nSPS) is 14.6. The van der Waals surface area contributed by atoms with Crippen molar-refractivity contribution in [2.75, 3.05) is 0 Å². The molecule has 0 aliphatic rings. The molecule has 0 aromatic heterocycles. The van der Waals surface area contributed by atoms with E-state index in [1.165, 1.54) is 6.92 Å². The highest BCUT2D eigenvalue weighted by Gasteiger charge is 2.19. The Bertz CT molecular complexity index is 336. The Hall–Kier alpha value is -1.33. The highest BCUT2D eigenvalue weighted by Crippen LogP contribution is 2.13. The van der Waals surface area contributed by atoms with Crippen LogP contribution in [-0.2, 0) is 6.42 Å². The van der Waals surface area contributed by atoms with Gasteiger partial charge in [0.25, 0.3) is 0 Å². The average molecular weight is 175 g/mol. The summed E-state index contributed by atoms with van der Waals surface area (Å²) < 4.78 is 0. The molecule has 13 heavy (non-hydrogen) atoms. The monoisotopic (exact) mass is 175 g/mol. The lowest BCUT2D eigenvalue weighted by Crippen LogP contribution is -2.24. The standard InChI is InChI=1S/C11H13NO/c1-9-4-3-5-10(6-9)7-11(2,13)8-12/h3-6,13H,7H2,1-2H3/t11-/m1/s1. The highest BCUT2D eigenvalue weighted by molar-refractivity contribution is 5.24. The fourth-order valence-corrected chi connectivity index (χ4v) is 1.26. The first-order valence-electron chi connectivity index (χ1n) is 4.23. The molecule has 0 saturated carbocycles. The summed E-state index contributed by atoms with van der Waals surface area (Å²) in [6.07, 6.45) is 0.380. The second kappa shape index (κ2) is 3.59. The van der Waals surface area contributed by atoms with Crippen LogP contribution in [0.15, 0.2) is 24.3 Å². The van der Waals surface area contributed by atoms with Gasteiger partial charge in [-0.1, -0.05) is 29.8 Å². The maximum Gasteiger partial charge on any atom is 0.152 e. The molecule has 1 atom stereocenters. The SMILES string of the molecule is Cc1cccc(C[C@@](C)(O)C#N)c1. The van der Waals surface area contributed by atoms with Crippen LogP contribution in [0.1, 0.15) is 18.1 Å². The first-order valence-corrected chi connectivity index (χ1v) is 4.23. The molecule has 0 saturated heterocycles. The molecule has 0 unspecified atom stereocenters. The molecule has 0 aliphatic heterocycles. The summed E-state index contributed by atoms with van der Waals surface area (Å²) in [7, 11) is 0. The maximum atomic E-state index is 9.51. The van der Waals surface area contributed by atoms with Crippen LogP contribution in [0.25, 0.3) is 0 Å². The number of rotatable bonds is 2. The Balaban J connectivity index is 2.82. The van der Waals surface area contributed by atoms with Gasteiger partial charge in [-0.05, 0) is 19.4 Å². The number of benzene rings is 1. The first-order chi connectivity index (χ1) is 6.03. The second-order valence-electron chi connectivity index (χ2n) is 3.55. The Morgan fingerprint density at radius 2 is 2.23 bits per heavy atom. The van der Waals surface area contributed by atoms with Gasteiger partial charge in [0, 0.05) is 6.42 Å². The molecule has 0 bridgehead atoms. The van der Waals surface area contributed by atoms with Gasteiger partial charge in [-0.25, -0.2) is 0 Å². The lowest BCUT2D eigenvalue weighted by Gasteiger charge is -2.13. The van der Waals surface area contributed by atoms with Gasteiger partial charge in [0.1, 0.15) is 0 Å². The number of nitrogens with zero attached hydrogens (tertiary/aromatic N) is 1. The largest absolute Gasteiger partial charge is 0.375 e. The van der Waals surface area contributed by atoms with Crippen LogP contribution in [-0.4, -0.2) is 10.7 Å². The minimum absolute atomic E-state index is 0.380. The molecule has 0 amide bonds. The summed E-state index contributed by atoms with van der Waals surface area (Å²) in [4.78, 5) is 0. The molecule has 68 valence electrons. The van der Waals surface area contributed by atoms with Crippen LogP contribution in [0.3, 0.4) is 0 Å². The number of aliphatic hydroxyl groups is 1. The molecular formula is C11H13NO. The molecule has 1 aromatic carbocycles. The van der Waals surface area contributed by atoms with Crippen molar-refractivity contribution in [3.63, 3.8) is 0 Å². The highest BCUT2D eigenvalue weighted by atomic mass is 16.3.